The van der Waals surface area contributed by atoms with Gasteiger partial charge in [-0.15, -0.1) is 0 Å². The van der Waals surface area contributed by atoms with Crippen molar-refractivity contribution in [2.75, 3.05) is 7.11 Å². The van der Waals surface area contributed by atoms with Gasteiger partial charge >= 0.3 is 5.97 Å². The molecule has 6 nitrogen and oxygen atoms in total. The molecule has 0 spiro atoms. The van der Waals surface area contributed by atoms with Crippen molar-refractivity contribution in [1.82, 2.24) is 0 Å². The summed E-state index contributed by atoms with van der Waals surface area (Å²) in [4.78, 5) is 11.7. The second kappa shape index (κ2) is 6.43. The van der Waals surface area contributed by atoms with E-state index in [4.69, 9.17) is 26.2 Å². The van der Waals surface area contributed by atoms with E-state index in [1.165, 1.54) is 13.2 Å². The number of hydrogen-bond acceptors (Lipinski definition) is 5. The summed E-state index contributed by atoms with van der Waals surface area (Å²) in [6.07, 6.45) is 0.306. The molecule has 8 heteroatoms. The molecule has 112 valence electrons. The van der Waals surface area contributed by atoms with Crippen molar-refractivity contribution < 1.29 is 22.7 Å². The third-order valence-corrected chi connectivity index (χ3v) is 3.77. The standard InChI is InChI=1S/C12H16ClNO5S/c1-4-7(2)19-12(15)9-5-8(13)6-10(11(9)18-3)20(14,16)17/h5-7H,4H2,1-3H3,(H2,14,16,17). The Hall–Kier alpha value is -1.31. The first-order valence-electron chi connectivity index (χ1n) is 5.82. The van der Waals surface area contributed by atoms with E-state index in [0.29, 0.717) is 6.42 Å². The molecule has 1 unspecified atom stereocenters. The Labute approximate surface area is 122 Å². The lowest BCUT2D eigenvalue weighted by Crippen LogP contribution is -2.18. The summed E-state index contributed by atoms with van der Waals surface area (Å²) in [6.45, 7) is 3.57. The van der Waals surface area contributed by atoms with Gasteiger partial charge in [-0.3, -0.25) is 0 Å². The summed E-state index contributed by atoms with van der Waals surface area (Å²) in [5.74, 6) is -0.895. The number of carbonyl (C=O) groups excluding carboxylic acids is 1. The van der Waals surface area contributed by atoms with E-state index < -0.39 is 16.0 Å². The Balaban J connectivity index is 3.40. The summed E-state index contributed by atoms with van der Waals surface area (Å²) in [7, 11) is -2.84. The van der Waals surface area contributed by atoms with Crippen LogP contribution in [0.25, 0.3) is 0 Å². The van der Waals surface area contributed by atoms with Gasteiger partial charge in [-0.1, -0.05) is 18.5 Å². The zero-order valence-corrected chi connectivity index (χ0v) is 12.9. The fourth-order valence-electron chi connectivity index (χ4n) is 1.47. The molecule has 0 aliphatic rings. The van der Waals surface area contributed by atoms with Gasteiger partial charge in [0, 0.05) is 5.02 Å². The highest BCUT2D eigenvalue weighted by atomic mass is 35.5. The first-order chi connectivity index (χ1) is 9.20. The molecule has 1 atom stereocenters. The largest absolute Gasteiger partial charge is 0.494 e. The highest BCUT2D eigenvalue weighted by molar-refractivity contribution is 7.89. The van der Waals surface area contributed by atoms with Gasteiger partial charge in [0.2, 0.25) is 10.0 Å². The monoisotopic (exact) mass is 321 g/mol. The number of nitrogens with two attached hydrogens (primary N) is 1. The number of sulfonamides is 1. The first kappa shape index (κ1) is 16.7. The maximum absolute atomic E-state index is 12.0. The zero-order valence-electron chi connectivity index (χ0n) is 11.3. The zero-order chi connectivity index (χ0) is 15.5. The average molecular weight is 322 g/mol. The van der Waals surface area contributed by atoms with Crippen LogP contribution in [0.4, 0.5) is 0 Å². The molecule has 1 rings (SSSR count). The molecule has 2 N–H and O–H groups in total. The highest BCUT2D eigenvalue weighted by Crippen LogP contribution is 2.31. The molecular formula is C12H16ClNO5S. The van der Waals surface area contributed by atoms with Crippen LogP contribution in [0.15, 0.2) is 17.0 Å². The number of carbonyl (C=O) groups is 1. The van der Waals surface area contributed by atoms with Crippen LogP contribution in [0.1, 0.15) is 30.6 Å². The minimum Gasteiger partial charge on any atom is -0.494 e. The van der Waals surface area contributed by atoms with Crippen molar-refractivity contribution in [3.05, 3.63) is 22.7 Å². The summed E-state index contributed by atoms with van der Waals surface area (Å²) in [5.41, 5.74) is -0.0793. The quantitative estimate of drug-likeness (QED) is 0.836. The van der Waals surface area contributed by atoms with Crippen molar-refractivity contribution in [1.29, 1.82) is 0 Å². The number of halogens is 1. The van der Waals surface area contributed by atoms with Gasteiger partial charge in [0.15, 0.2) is 5.75 Å². The normalized spacial score (nSPS) is 12.8. The van der Waals surface area contributed by atoms with Crippen molar-refractivity contribution in [3.8, 4) is 5.75 Å². The highest BCUT2D eigenvalue weighted by Gasteiger charge is 2.25. The SMILES string of the molecule is CCC(C)OC(=O)c1cc(Cl)cc(S(N)(=O)=O)c1OC. The number of ether oxygens (including phenoxy) is 2. The van der Waals surface area contributed by atoms with Crippen LogP contribution >= 0.6 is 11.6 Å². The van der Waals surface area contributed by atoms with Gasteiger partial charge in [0.25, 0.3) is 0 Å². The first-order valence-corrected chi connectivity index (χ1v) is 7.74. The lowest BCUT2D eigenvalue weighted by Gasteiger charge is -2.15. The van der Waals surface area contributed by atoms with Gasteiger partial charge in [0.05, 0.1) is 13.2 Å². The van der Waals surface area contributed by atoms with E-state index in [0.717, 1.165) is 6.07 Å². The molecule has 0 bridgehead atoms. The number of primary sulfonamides is 1. The van der Waals surface area contributed by atoms with Crippen LogP contribution in [0.3, 0.4) is 0 Å². The van der Waals surface area contributed by atoms with Gasteiger partial charge in [-0.2, -0.15) is 0 Å². The Bertz CT molecular complexity index is 615. The Kier molecular flexibility index (Phi) is 5.38. The summed E-state index contributed by atoms with van der Waals surface area (Å²) >= 11 is 5.82. The molecule has 1 aromatic carbocycles. The molecule has 0 aliphatic heterocycles. The Morgan fingerprint density at radius 2 is 2.05 bits per heavy atom. The maximum atomic E-state index is 12.0. The van der Waals surface area contributed by atoms with Gasteiger partial charge in [0.1, 0.15) is 10.5 Å². The van der Waals surface area contributed by atoms with Crippen LogP contribution in [0.2, 0.25) is 5.02 Å². The molecule has 0 aliphatic carbocycles. The second-order valence-electron chi connectivity index (χ2n) is 4.15. The number of rotatable bonds is 5. The van der Waals surface area contributed by atoms with Gasteiger partial charge < -0.3 is 9.47 Å². The van der Waals surface area contributed by atoms with E-state index in [2.05, 4.69) is 0 Å². The summed E-state index contributed by atoms with van der Waals surface area (Å²) < 4.78 is 33.1. The molecule has 0 amide bonds. The molecule has 0 radical (unpaired) electrons. The third-order valence-electron chi connectivity index (χ3n) is 2.63. The molecule has 0 fully saturated rings. The van der Waals surface area contributed by atoms with Crippen molar-refractivity contribution in [2.45, 2.75) is 31.3 Å². The minimum absolute atomic E-state index is 0.0472. The van der Waals surface area contributed by atoms with Crippen LogP contribution in [-0.4, -0.2) is 27.6 Å². The van der Waals surface area contributed by atoms with Crippen molar-refractivity contribution >= 4 is 27.6 Å². The van der Waals surface area contributed by atoms with E-state index in [1.54, 1.807) is 6.92 Å². The Morgan fingerprint density at radius 3 is 2.50 bits per heavy atom. The molecule has 20 heavy (non-hydrogen) atoms. The number of methoxy groups -OCH3 is 1. The van der Waals surface area contributed by atoms with E-state index in [9.17, 15) is 13.2 Å². The number of hydrogen-bond donors (Lipinski definition) is 1. The average Bonchev–Trinajstić information content (AvgIpc) is 2.36. The van der Waals surface area contributed by atoms with Crippen molar-refractivity contribution in [3.63, 3.8) is 0 Å². The summed E-state index contributed by atoms with van der Waals surface area (Å²) in [6, 6.07) is 2.40. The number of esters is 1. The fraction of sp³-hybridized carbons (Fsp3) is 0.417. The maximum Gasteiger partial charge on any atom is 0.342 e. The van der Waals surface area contributed by atoms with Crippen LogP contribution < -0.4 is 9.88 Å². The number of benzene rings is 1. The topological polar surface area (TPSA) is 95.7 Å². The van der Waals surface area contributed by atoms with Gasteiger partial charge in [-0.25, -0.2) is 18.4 Å². The summed E-state index contributed by atoms with van der Waals surface area (Å²) in [5, 5.41) is 5.13. The lowest BCUT2D eigenvalue weighted by molar-refractivity contribution is 0.0330. The van der Waals surface area contributed by atoms with E-state index in [1.807, 2.05) is 6.92 Å². The van der Waals surface area contributed by atoms with Crippen LogP contribution in [0, 0.1) is 0 Å². The minimum atomic E-state index is -4.08. The lowest BCUT2D eigenvalue weighted by atomic mass is 10.2. The Morgan fingerprint density at radius 1 is 1.45 bits per heavy atom. The van der Waals surface area contributed by atoms with Crippen LogP contribution in [-0.2, 0) is 14.8 Å². The molecule has 0 saturated heterocycles. The van der Waals surface area contributed by atoms with Crippen LogP contribution in [0.5, 0.6) is 5.75 Å². The molecule has 0 saturated carbocycles. The predicted molar refractivity (Wildman–Crippen MR) is 74.5 cm³/mol. The van der Waals surface area contributed by atoms with E-state index in [-0.39, 0.29) is 27.3 Å². The second-order valence-corrected chi connectivity index (χ2v) is 6.12. The molecule has 0 heterocycles. The fourth-order valence-corrected chi connectivity index (χ4v) is 2.50. The van der Waals surface area contributed by atoms with Crippen molar-refractivity contribution in [2.24, 2.45) is 5.14 Å². The van der Waals surface area contributed by atoms with E-state index >= 15 is 0 Å². The molecular weight excluding hydrogens is 306 g/mol. The smallest absolute Gasteiger partial charge is 0.342 e. The molecule has 0 aromatic heterocycles. The predicted octanol–water partition coefficient (Wildman–Crippen LogP) is 1.95. The third kappa shape index (κ3) is 3.84. The molecule has 1 aromatic rings. The van der Waals surface area contributed by atoms with Gasteiger partial charge in [-0.05, 0) is 25.5 Å².